The van der Waals surface area contributed by atoms with Crippen molar-refractivity contribution in [3.8, 4) is 0 Å². The molecule has 1 atom stereocenters. The minimum atomic E-state index is -4.53. The van der Waals surface area contributed by atoms with Crippen LogP contribution in [0, 0.1) is 0 Å². The third-order valence-corrected chi connectivity index (χ3v) is 4.47. The van der Waals surface area contributed by atoms with Gasteiger partial charge in [-0.15, -0.1) is 11.3 Å². The maximum absolute atomic E-state index is 11.1. The van der Waals surface area contributed by atoms with E-state index in [2.05, 4.69) is 5.32 Å². The summed E-state index contributed by atoms with van der Waals surface area (Å²) >= 11 is 1.09. The molecule has 7 heteroatoms. The normalized spacial score (nSPS) is 16.2. The quantitative estimate of drug-likeness (QED) is 0.659. The molecule has 0 aromatic carbocycles. The first-order chi connectivity index (χ1) is 6.92. The standard InChI is InChI=1S/C8H13NO4S2/c1-9-5-4-8(10,15(11,12)13)7-3-2-6-14-7/h2-3,6,9-10H,4-5H2,1H3,(H,11,12,13)/t8-/m0/s1. The van der Waals surface area contributed by atoms with Crippen molar-refractivity contribution < 1.29 is 18.1 Å². The molecule has 0 aliphatic carbocycles. The van der Waals surface area contributed by atoms with E-state index in [9.17, 15) is 13.5 Å². The van der Waals surface area contributed by atoms with Crippen LogP contribution in [0.3, 0.4) is 0 Å². The van der Waals surface area contributed by atoms with Gasteiger partial charge >= 0.3 is 0 Å². The highest BCUT2D eigenvalue weighted by molar-refractivity contribution is 7.86. The summed E-state index contributed by atoms with van der Waals surface area (Å²) in [6.07, 6.45) is -0.0944. The van der Waals surface area contributed by atoms with Gasteiger partial charge in [0.15, 0.2) is 0 Å². The van der Waals surface area contributed by atoms with E-state index in [0.29, 0.717) is 0 Å². The molecule has 0 fully saturated rings. The number of hydrogen-bond acceptors (Lipinski definition) is 5. The second kappa shape index (κ2) is 4.58. The number of aliphatic hydroxyl groups is 1. The highest BCUT2D eigenvalue weighted by Gasteiger charge is 2.43. The molecule has 0 saturated carbocycles. The van der Waals surface area contributed by atoms with E-state index in [1.807, 2.05) is 0 Å². The summed E-state index contributed by atoms with van der Waals surface area (Å²) in [7, 11) is -2.90. The van der Waals surface area contributed by atoms with Crippen molar-refractivity contribution in [2.75, 3.05) is 13.6 Å². The molecule has 3 N–H and O–H groups in total. The molecule has 0 saturated heterocycles. The fraction of sp³-hybridized carbons (Fsp3) is 0.500. The zero-order valence-corrected chi connectivity index (χ0v) is 9.81. The zero-order valence-electron chi connectivity index (χ0n) is 8.17. The average Bonchev–Trinajstić information content (AvgIpc) is 2.65. The van der Waals surface area contributed by atoms with E-state index in [4.69, 9.17) is 4.55 Å². The molecule has 1 aromatic heterocycles. The molecular formula is C8H13NO4S2. The lowest BCUT2D eigenvalue weighted by Gasteiger charge is -2.23. The molecule has 0 aliphatic heterocycles. The summed E-state index contributed by atoms with van der Waals surface area (Å²) in [6, 6.07) is 3.10. The van der Waals surface area contributed by atoms with Crippen LogP contribution in [0.25, 0.3) is 0 Å². The first kappa shape index (κ1) is 12.6. The predicted octanol–water partition coefficient (Wildman–Crippen LogP) is 0.391. The topological polar surface area (TPSA) is 86.6 Å². The highest BCUT2D eigenvalue weighted by Crippen LogP contribution is 2.33. The highest BCUT2D eigenvalue weighted by atomic mass is 32.2. The van der Waals surface area contributed by atoms with Crippen LogP contribution in [0.2, 0.25) is 0 Å². The summed E-state index contributed by atoms with van der Waals surface area (Å²) < 4.78 is 31.3. The van der Waals surface area contributed by atoms with Gasteiger partial charge in [-0.1, -0.05) is 6.07 Å². The van der Waals surface area contributed by atoms with Gasteiger partial charge in [-0.25, -0.2) is 0 Å². The van der Waals surface area contributed by atoms with Crippen LogP contribution in [-0.4, -0.2) is 31.7 Å². The SMILES string of the molecule is CNCC[C@@](O)(c1cccs1)S(=O)(=O)O. The van der Waals surface area contributed by atoms with E-state index >= 15 is 0 Å². The van der Waals surface area contributed by atoms with E-state index < -0.39 is 15.1 Å². The van der Waals surface area contributed by atoms with Crippen molar-refractivity contribution in [2.45, 2.75) is 11.4 Å². The van der Waals surface area contributed by atoms with Gasteiger partial charge in [0.05, 0.1) is 4.88 Å². The van der Waals surface area contributed by atoms with Crippen LogP contribution in [0.5, 0.6) is 0 Å². The smallest absolute Gasteiger partial charge is 0.300 e. The minimum absolute atomic E-state index is 0.0944. The lowest BCUT2D eigenvalue weighted by Crippen LogP contribution is -2.37. The molecule has 0 spiro atoms. The van der Waals surface area contributed by atoms with Crippen molar-refractivity contribution in [1.82, 2.24) is 5.32 Å². The van der Waals surface area contributed by atoms with Crippen molar-refractivity contribution in [1.29, 1.82) is 0 Å². The van der Waals surface area contributed by atoms with Gasteiger partial charge in [0.1, 0.15) is 0 Å². The third kappa shape index (κ3) is 2.56. The van der Waals surface area contributed by atoms with Crippen LogP contribution in [0.15, 0.2) is 17.5 Å². The van der Waals surface area contributed by atoms with Crippen molar-refractivity contribution >= 4 is 21.5 Å². The summed E-state index contributed by atoms with van der Waals surface area (Å²) in [6.45, 7) is 0.286. The van der Waals surface area contributed by atoms with Gasteiger partial charge in [0, 0.05) is 6.42 Å². The van der Waals surface area contributed by atoms with Crippen molar-refractivity contribution in [2.24, 2.45) is 0 Å². The second-order valence-electron chi connectivity index (χ2n) is 3.09. The zero-order chi connectivity index (χ0) is 11.5. The summed E-state index contributed by atoms with van der Waals surface area (Å²) in [5.41, 5.74) is 0. The van der Waals surface area contributed by atoms with Crippen LogP contribution in [0.1, 0.15) is 11.3 Å². The molecule has 1 rings (SSSR count). The Morgan fingerprint density at radius 3 is 2.67 bits per heavy atom. The number of thiophene rings is 1. The van der Waals surface area contributed by atoms with E-state index in [1.165, 1.54) is 6.07 Å². The molecule has 15 heavy (non-hydrogen) atoms. The average molecular weight is 251 g/mol. The Balaban J connectivity index is 3.08. The Labute approximate surface area is 92.5 Å². The Bertz CT molecular complexity index is 400. The molecule has 5 nitrogen and oxygen atoms in total. The fourth-order valence-electron chi connectivity index (χ4n) is 1.17. The van der Waals surface area contributed by atoms with Crippen LogP contribution >= 0.6 is 11.3 Å². The Morgan fingerprint density at radius 2 is 2.27 bits per heavy atom. The number of rotatable bonds is 5. The maximum Gasteiger partial charge on any atom is 0.300 e. The summed E-state index contributed by atoms with van der Waals surface area (Å²) in [4.78, 5) is -1.98. The Morgan fingerprint density at radius 1 is 1.60 bits per heavy atom. The van der Waals surface area contributed by atoms with E-state index in [-0.39, 0.29) is 17.8 Å². The summed E-state index contributed by atoms with van der Waals surface area (Å²) in [5, 5.41) is 14.3. The lowest BCUT2D eigenvalue weighted by atomic mass is 10.2. The molecule has 0 aliphatic rings. The maximum atomic E-state index is 11.1. The van der Waals surface area contributed by atoms with E-state index in [1.54, 1.807) is 18.5 Å². The monoisotopic (exact) mass is 251 g/mol. The molecule has 0 bridgehead atoms. The molecule has 86 valence electrons. The van der Waals surface area contributed by atoms with Gasteiger partial charge in [0.25, 0.3) is 10.1 Å². The Kier molecular flexibility index (Phi) is 3.85. The van der Waals surface area contributed by atoms with Gasteiger partial charge in [-0.05, 0) is 25.0 Å². The van der Waals surface area contributed by atoms with Gasteiger partial charge in [-0.2, -0.15) is 8.42 Å². The molecular weight excluding hydrogens is 238 g/mol. The third-order valence-electron chi connectivity index (χ3n) is 2.05. The number of hydrogen-bond donors (Lipinski definition) is 3. The molecule has 0 radical (unpaired) electrons. The lowest BCUT2D eigenvalue weighted by molar-refractivity contribution is 0.107. The number of nitrogens with one attached hydrogen (secondary N) is 1. The first-order valence-electron chi connectivity index (χ1n) is 4.30. The van der Waals surface area contributed by atoms with Gasteiger partial charge < -0.3 is 10.4 Å². The largest absolute Gasteiger partial charge is 0.368 e. The summed E-state index contributed by atoms with van der Waals surface area (Å²) in [5.74, 6) is 0. The molecule has 0 amide bonds. The fourth-order valence-corrected chi connectivity index (χ4v) is 3.06. The Hall–Kier alpha value is -0.470. The first-order valence-corrected chi connectivity index (χ1v) is 6.62. The van der Waals surface area contributed by atoms with Gasteiger partial charge in [0.2, 0.25) is 4.93 Å². The van der Waals surface area contributed by atoms with Crippen molar-refractivity contribution in [3.05, 3.63) is 22.4 Å². The second-order valence-corrected chi connectivity index (χ2v) is 5.66. The van der Waals surface area contributed by atoms with E-state index in [0.717, 1.165) is 11.3 Å². The molecule has 1 aromatic rings. The predicted molar refractivity (Wildman–Crippen MR) is 58.3 cm³/mol. The van der Waals surface area contributed by atoms with Gasteiger partial charge in [-0.3, -0.25) is 4.55 Å². The van der Waals surface area contributed by atoms with Crippen molar-refractivity contribution in [3.63, 3.8) is 0 Å². The van der Waals surface area contributed by atoms with Crippen LogP contribution < -0.4 is 5.32 Å². The minimum Gasteiger partial charge on any atom is -0.368 e. The van der Waals surface area contributed by atoms with Crippen LogP contribution in [0.4, 0.5) is 0 Å². The van der Waals surface area contributed by atoms with Crippen LogP contribution in [-0.2, 0) is 15.1 Å². The molecule has 1 heterocycles. The molecule has 0 unspecified atom stereocenters.